The molecule has 2 rings (SSSR count). The Labute approximate surface area is 127 Å². The van der Waals surface area contributed by atoms with Crippen LogP contribution in [0.1, 0.15) is 43.4 Å². The van der Waals surface area contributed by atoms with Gasteiger partial charge in [-0.25, -0.2) is 4.39 Å². The molecule has 2 N–H and O–H groups in total. The van der Waals surface area contributed by atoms with E-state index in [1.54, 1.807) is 19.1 Å². The van der Waals surface area contributed by atoms with Crippen LogP contribution in [0.4, 0.5) is 4.39 Å². The molecule has 1 aliphatic heterocycles. The van der Waals surface area contributed by atoms with Gasteiger partial charge in [0.25, 0.3) is 0 Å². The van der Waals surface area contributed by atoms with Crippen LogP contribution in [0, 0.1) is 12.7 Å². The van der Waals surface area contributed by atoms with Crippen LogP contribution in [0.25, 0.3) is 0 Å². The van der Waals surface area contributed by atoms with Crippen molar-refractivity contribution >= 4 is 0 Å². The number of rotatable bonds is 6. The zero-order valence-electron chi connectivity index (χ0n) is 13.1. The number of ether oxygens (including phenoxy) is 1. The number of aryl methyl sites for hydroxylation is 1. The second kappa shape index (κ2) is 7.87. The van der Waals surface area contributed by atoms with E-state index in [-0.39, 0.29) is 11.9 Å². The summed E-state index contributed by atoms with van der Waals surface area (Å²) in [6, 6.07) is 5.22. The second-order valence-electron chi connectivity index (χ2n) is 5.90. The Bertz CT molecular complexity index is 444. The normalized spacial score (nSPS) is 18.9. The maximum Gasteiger partial charge on any atom is 0.126 e. The van der Waals surface area contributed by atoms with Crippen molar-refractivity contribution in [3.63, 3.8) is 0 Å². The fourth-order valence-corrected chi connectivity index (χ4v) is 2.86. The molecule has 1 saturated heterocycles. The average molecular weight is 294 g/mol. The molecule has 1 heterocycles. The number of piperidine rings is 1. The lowest BCUT2D eigenvalue weighted by atomic mass is 10.0. The summed E-state index contributed by atoms with van der Waals surface area (Å²) in [5, 5.41) is 0. The standard InChI is InChI=1S/C17H27FN2O/c1-3-21-15-6-9-20(10-7-15)11-8-17(19)14-5-4-13(2)16(18)12-14/h4-5,12,15,17H,3,6-11,19H2,1-2H3. The van der Waals surface area contributed by atoms with E-state index in [9.17, 15) is 4.39 Å². The first-order valence-electron chi connectivity index (χ1n) is 7.95. The Morgan fingerprint density at radius 2 is 2.10 bits per heavy atom. The molecular weight excluding hydrogens is 267 g/mol. The summed E-state index contributed by atoms with van der Waals surface area (Å²) in [5.74, 6) is -0.166. The van der Waals surface area contributed by atoms with Gasteiger partial charge in [0.15, 0.2) is 0 Å². The molecule has 0 saturated carbocycles. The lowest BCUT2D eigenvalue weighted by Crippen LogP contribution is -2.38. The molecule has 1 fully saturated rings. The summed E-state index contributed by atoms with van der Waals surface area (Å²) in [4.78, 5) is 2.43. The van der Waals surface area contributed by atoms with Crippen LogP contribution in [0.2, 0.25) is 0 Å². The van der Waals surface area contributed by atoms with Crippen molar-refractivity contribution in [1.82, 2.24) is 4.90 Å². The second-order valence-corrected chi connectivity index (χ2v) is 5.90. The van der Waals surface area contributed by atoms with E-state index in [4.69, 9.17) is 10.5 Å². The van der Waals surface area contributed by atoms with Crippen LogP contribution < -0.4 is 5.73 Å². The van der Waals surface area contributed by atoms with E-state index in [1.807, 2.05) is 13.0 Å². The van der Waals surface area contributed by atoms with E-state index < -0.39 is 0 Å². The molecule has 1 aliphatic rings. The van der Waals surface area contributed by atoms with Gasteiger partial charge in [-0.2, -0.15) is 0 Å². The van der Waals surface area contributed by atoms with Gasteiger partial charge < -0.3 is 15.4 Å². The van der Waals surface area contributed by atoms with Gasteiger partial charge in [-0.1, -0.05) is 12.1 Å². The molecule has 118 valence electrons. The average Bonchev–Trinajstić information content (AvgIpc) is 2.49. The molecular formula is C17H27FN2O. The van der Waals surface area contributed by atoms with Gasteiger partial charge in [0, 0.05) is 25.7 Å². The highest BCUT2D eigenvalue weighted by atomic mass is 19.1. The predicted octanol–water partition coefficient (Wildman–Crippen LogP) is 3.02. The number of halogens is 1. The van der Waals surface area contributed by atoms with E-state index in [0.29, 0.717) is 11.7 Å². The van der Waals surface area contributed by atoms with E-state index in [0.717, 1.165) is 51.1 Å². The number of benzene rings is 1. The maximum atomic E-state index is 13.6. The van der Waals surface area contributed by atoms with Crippen molar-refractivity contribution in [1.29, 1.82) is 0 Å². The first-order chi connectivity index (χ1) is 10.1. The molecule has 21 heavy (non-hydrogen) atoms. The molecule has 0 aromatic heterocycles. The van der Waals surface area contributed by atoms with Gasteiger partial charge in [-0.3, -0.25) is 0 Å². The first-order valence-corrected chi connectivity index (χ1v) is 7.95. The Morgan fingerprint density at radius 1 is 1.38 bits per heavy atom. The lowest BCUT2D eigenvalue weighted by molar-refractivity contribution is 0.0138. The monoisotopic (exact) mass is 294 g/mol. The number of nitrogens with zero attached hydrogens (tertiary/aromatic N) is 1. The molecule has 1 aromatic carbocycles. The molecule has 1 unspecified atom stereocenters. The third-order valence-corrected chi connectivity index (χ3v) is 4.32. The molecule has 0 aliphatic carbocycles. The number of likely N-dealkylation sites (tertiary alicyclic amines) is 1. The maximum absolute atomic E-state index is 13.6. The Balaban J connectivity index is 1.76. The summed E-state index contributed by atoms with van der Waals surface area (Å²) in [5.41, 5.74) is 7.75. The number of hydrogen-bond acceptors (Lipinski definition) is 3. The summed E-state index contributed by atoms with van der Waals surface area (Å²) < 4.78 is 19.2. The fourth-order valence-electron chi connectivity index (χ4n) is 2.86. The summed E-state index contributed by atoms with van der Waals surface area (Å²) >= 11 is 0. The highest BCUT2D eigenvalue weighted by Crippen LogP contribution is 2.19. The molecule has 0 bridgehead atoms. The van der Waals surface area contributed by atoms with Crippen molar-refractivity contribution < 1.29 is 9.13 Å². The summed E-state index contributed by atoms with van der Waals surface area (Å²) in [7, 11) is 0. The summed E-state index contributed by atoms with van der Waals surface area (Å²) in [6.45, 7) is 7.72. The van der Waals surface area contributed by atoms with E-state index in [2.05, 4.69) is 4.90 Å². The van der Waals surface area contributed by atoms with Crippen molar-refractivity contribution in [3.8, 4) is 0 Å². The van der Waals surface area contributed by atoms with Crippen LogP contribution in [0.5, 0.6) is 0 Å². The Morgan fingerprint density at radius 3 is 2.71 bits per heavy atom. The van der Waals surface area contributed by atoms with Crippen LogP contribution in [0.15, 0.2) is 18.2 Å². The van der Waals surface area contributed by atoms with Crippen molar-refractivity contribution in [3.05, 3.63) is 35.1 Å². The zero-order valence-corrected chi connectivity index (χ0v) is 13.1. The highest BCUT2D eigenvalue weighted by molar-refractivity contribution is 5.25. The Kier molecular flexibility index (Phi) is 6.15. The van der Waals surface area contributed by atoms with E-state index in [1.165, 1.54) is 0 Å². The van der Waals surface area contributed by atoms with Gasteiger partial charge in [0.2, 0.25) is 0 Å². The molecule has 1 atom stereocenters. The van der Waals surface area contributed by atoms with Crippen LogP contribution in [-0.4, -0.2) is 37.2 Å². The Hall–Kier alpha value is -0.970. The highest BCUT2D eigenvalue weighted by Gasteiger charge is 2.19. The first kappa shape index (κ1) is 16.4. The fraction of sp³-hybridized carbons (Fsp3) is 0.647. The third-order valence-electron chi connectivity index (χ3n) is 4.32. The van der Waals surface area contributed by atoms with Gasteiger partial charge in [0.1, 0.15) is 5.82 Å². The van der Waals surface area contributed by atoms with Gasteiger partial charge in [-0.05, 0) is 56.8 Å². The van der Waals surface area contributed by atoms with E-state index >= 15 is 0 Å². The lowest BCUT2D eigenvalue weighted by Gasteiger charge is -2.32. The largest absolute Gasteiger partial charge is 0.378 e. The van der Waals surface area contributed by atoms with Gasteiger partial charge >= 0.3 is 0 Å². The molecule has 0 amide bonds. The van der Waals surface area contributed by atoms with Crippen molar-refractivity contribution in [2.75, 3.05) is 26.2 Å². The SMILES string of the molecule is CCOC1CCN(CCC(N)c2ccc(C)c(F)c2)CC1. The third kappa shape index (κ3) is 4.77. The number of nitrogens with two attached hydrogens (primary N) is 1. The van der Waals surface area contributed by atoms with Crippen LogP contribution in [-0.2, 0) is 4.74 Å². The molecule has 3 nitrogen and oxygen atoms in total. The minimum absolute atomic E-state index is 0.0929. The van der Waals surface area contributed by atoms with Crippen LogP contribution in [0.3, 0.4) is 0 Å². The van der Waals surface area contributed by atoms with Crippen molar-refractivity contribution in [2.45, 2.75) is 45.3 Å². The minimum atomic E-state index is -0.166. The summed E-state index contributed by atoms with van der Waals surface area (Å²) in [6.07, 6.45) is 3.48. The quantitative estimate of drug-likeness (QED) is 0.876. The van der Waals surface area contributed by atoms with Crippen LogP contribution >= 0.6 is 0 Å². The molecule has 0 radical (unpaired) electrons. The molecule has 1 aromatic rings. The topological polar surface area (TPSA) is 38.5 Å². The minimum Gasteiger partial charge on any atom is -0.378 e. The molecule has 0 spiro atoms. The van der Waals surface area contributed by atoms with Gasteiger partial charge in [0.05, 0.1) is 6.10 Å². The molecule has 4 heteroatoms. The predicted molar refractivity (Wildman–Crippen MR) is 83.8 cm³/mol. The van der Waals surface area contributed by atoms with Crippen molar-refractivity contribution in [2.24, 2.45) is 5.73 Å². The number of hydrogen-bond donors (Lipinski definition) is 1. The smallest absolute Gasteiger partial charge is 0.126 e. The van der Waals surface area contributed by atoms with Gasteiger partial charge in [-0.15, -0.1) is 0 Å². The zero-order chi connectivity index (χ0) is 15.2.